The third kappa shape index (κ3) is 5.37. The normalized spacial score (nSPS) is 11.0. The molecule has 0 unspecified atom stereocenters. The van der Waals surface area contributed by atoms with Gasteiger partial charge in [-0.2, -0.15) is 0 Å². The van der Waals surface area contributed by atoms with E-state index >= 15 is 0 Å². The SMILES string of the molecule is CCCc1nc(C)c(C)c(OCC(C)C)c1C(=O)Nc1c(CC)cccc1CC. The standard InChI is InChI=1S/C25H36N2O2/c1-8-12-21-22(24(29-15-16(4)5)17(6)18(7)26-21)25(28)27-23-19(9-2)13-11-14-20(23)10-3/h11,13-14,16H,8-10,12,15H2,1-7H3,(H,27,28). The summed E-state index contributed by atoms with van der Waals surface area (Å²) in [6.45, 7) is 15.1. The highest BCUT2D eigenvalue weighted by Gasteiger charge is 2.24. The Hall–Kier alpha value is -2.36. The van der Waals surface area contributed by atoms with Gasteiger partial charge in [0.25, 0.3) is 5.91 Å². The summed E-state index contributed by atoms with van der Waals surface area (Å²) < 4.78 is 6.17. The number of aryl methyl sites for hydroxylation is 4. The zero-order valence-corrected chi connectivity index (χ0v) is 19.1. The number of anilines is 1. The van der Waals surface area contributed by atoms with Gasteiger partial charge in [0.05, 0.1) is 12.3 Å². The Bertz CT molecular complexity index is 834. The second-order valence-corrected chi connectivity index (χ2v) is 8.04. The molecule has 1 amide bonds. The summed E-state index contributed by atoms with van der Waals surface area (Å²) in [5.41, 5.74) is 6.50. The van der Waals surface area contributed by atoms with Crippen molar-refractivity contribution in [1.29, 1.82) is 0 Å². The molecule has 1 heterocycles. The molecule has 4 nitrogen and oxygen atoms in total. The predicted octanol–water partition coefficient (Wildman–Crippen LogP) is 6.06. The van der Waals surface area contributed by atoms with E-state index in [2.05, 4.69) is 58.1 Å². The van der Waals surface area contributed by atoms with Gasteiger partial charge in [0.2, 0.25) is 0 Å². The largest absolute Gasteiger partial charge is 0.492 e. The molecule has 0 aliphatic rings. The van der Waals surface area contributed by atoms with Crippen molar-refractivity contribution in [2.45, 2.75) is 74.1 Å². The van der Waals surface area contributed by atoms with Gasteiger partial charge in [-0.05, 0) is 50.2 Å². The maximum Gasteiger partial charge on any atom is 0.261 e. The molecule has 1 N–H and O–H groups in total. The van der Waals surface area contributed by atoms with Gasteiger partial charge in [0.15, 0.2) is 0 Å². The minimum absolute atomic E-state index is 0.126. The highest BCUT2D eigenvalue weighted by atomic mass is 16.5. The van der Waals surface area contributed by atoms with E-state index in [0.717, 1.165) is 59.4 Å². The monoisotopic (exact) mass is 396 g/mol. The highest BCUT2D eigenvalue weighted by Crippen LogP contribution is 2.31. The van der Waals surface area contributed by atoms with E-state index in [0.29, 0.717) is 23.8 Å². The molecule has 0 saturated carbocycles. The number of rotatable bonds is 9. The van der Waals surface area contributed by atoms with Gasteiger partial charge in [-0.25, -0.2) is 0 Å². The molecule has 0 aliphatic heterocycles. The number of amides is 1. The van der Waals surface area contributed by atoms with E-state index in [4.69, 9.17) is 9.72 Å². The first-order chi connectivity index (χ1) is 13.8. The fraction of sp³-hybridized carbons (Fsp3) is 0.520. The van der Waals surface area contributed by atoms with Crippen molar-refractivity contribution < 1.29 is 9.53 Å². The summed E-state index contributed by atoms with van der Waals surface area (Å²) in [5.74, 6) is 0.929. The topological polar surface area (TPSA) is 51.2 Å². The van der Waals surface area contributed by atoms with Crippen LogP contribution < -0.4 is 10.1 Å². The van der Waals surface area contributed by atoms with Crippen LogP contribution in [-0.2, 0) is 19.3 Å². The van der Waals surface area contributed by atoms with Gasteiger partial charge in [0, 0.05) is 16.9 Å². The average molecular weight is 397 g/mol. The van der Waals surface area contributed by atoms with Crippen LogP contribution in [0.2, 0.25) is 0 Å². The summed E-state index contributed by atoms with van der Waals surface area (Å²) >= 11 is 0. The van der Waals surface area contributed by atoms with E-state index < -0.39 is 0 Å². The Morgan fingerprint density at radius 3 is 2.24 bits per heavy atom. The number of ether oxygens (including phenoxy) is 1. The Labute approximate surface area is 176 Å². The lowest BCUT2D eigenvalue weighted by Gasteiger charge is -2.21. The van der Waals surface area contributed by atoms with Crippen molar-refractivity contribution in [3.8, 4) is 5.75 Å². The van der Waals surface area contributed by atoms with Crippen LogP contribution in [-0.4, -0.2) is 17.5 Å². The lowest BCUT2D eigenvalue weighted by atomic mass is 10.0. The quantitative estimate of drug-likeness (QED) is 0.560. The van der Waals surface area contributed by atoms with E-state index in [1.807, 2.05) is 13.8 Å². The molecule has 0 radical (unpaired) electrons. The molecule has 0 saturated heterocycles. The van der Waals surface area contributed by atoms with Crippen molar-refractivity contribution in [3.05, 3.63) is 51.8 Å². The molecule has 29 heavy (non-hydrogen) atoms. The van der Waals surface area contributed by atoms with Gasteiger partial charge in [-0.15, -0.1) is 0 Å². The number of nitrogens with one attached hydrogen (secondary N) is 1. The van der Waals surface area contributed by atoms with Crippen LogP contribution in [0.15, 0.2) is 18.2 Å². The van der Waals surface area contributed by atoms with Crippen molar-refractivity contribution in [3.63, 3.8) is 0 Å². The third-order valence-corrected chi connectivity index (χ3v) is 5.21. The molecular formula is C25H36N2O2. The van der Waals surface area contributed by atoms with Gasteiger partial charge in [0.1, 0.15) is 11.3 Å². The van der Waals surface area contributed by atoms with Crippen LogP contribution in [0, 0.1) is 19.8 Å². The van der Waals surface area contributed by atoms with Crippen LogP contribution in [0.1, 0.15) is 79.5 Å². The minimum Gasteiger partial charge on any atom is -0.492 e. The lowest BCUT2D eigenvalue weighted by molar-refractivity contribution is 0.102. The van der Waals surface area contributed by atoms with Crippen LogP contribution >= 0.6 is 0 Å². The molecule has 0 spiro atoms. The molecule has 2 aromatic rings. The van der Waals surface area contributed by atoms with Crippen LogP contribution in [0.5, 0.6) is 5.75 Å². The fourth-order valence-electron chi connectivity index (χ4n) is 3.49. The number of carbonyl (C=O) groups excluding carboxylic acids is 1. The van der Waals surface area contributed by atoms with Gasteiger partial charge in [-0.3, -0.25) is 9.78 Å². The molecule has 0 bridgehead atoms. The molecular weight excluding hydrogens is 360 g/mol. The first-order valence-corrected chi connectivity index (χ1v) is 10.9. The Kier molecular flexibility index (Phi) is 8.24. The predicted molar refractivity (Wildman–Crippen MR) is 121 cm³/mol. The number of para-hydroxylation sites is 1. The second kappa shape index (κ2) is 10.4. The lowest BCUT2D eigenvalue weighted by Crippen LogP contribution is -2.21. The molecule has 4 heteroatoms. The summed E-state index contributed by atoms with van der Waals surface area (Å²) in [7, 11) is 0. The van der Waals surface area contributed by atoms with Gasteiger partial charge >= 0.3 is 0 Å². The van der Waals surface area contributed by atoms with Crippen LogP contribution in [0.4, 0.5) is 5.69 Å². The highest BCUT2D eigenvalue weighted by molar-refractivity contribution is 6.08. The van der Waals surface area contributed by atoms with E-state index in [1.165, 1.54) is 0 Å². The Balaban J connectivity index is 2.57. The van der Waals surface area contributed by atoms with E-state index in [1.54, 1.807) is 0 Å². The summed E-state index contributed by atoms with van der Waals surface area (Å²) in [6, 6.07) is 6.22. The third-order valence-electron chi connectivity index (χ3n) is 5.21. The second-order valence-electron chi connectivity index (χ2n) is 8.04. The van der Waals surface area contributed by atoms with Crippen molar-refractivity contribution in [2.24, 2.45) is 5.92 Å². The zero-order chi connectivity index (χ0) is 21.6. The molecule has 0 fully saturated rings. The van der Waals surface area contributed by atoms with Crippen LogP contribution in [0.3, 0.4) is 0 Å². The fourth-order valence-corrected chi connectivity index (χ4v) is 3.49. The number of aromatic nitrogens is 1. The molecule has 0 aliphatic carbocycles. The zero-order valence-electron chi connectivity index (χ0n) is 19.1. The van der Waals surface area contributed by atoms with Crippen LogP contribution in [0.25, 0.3) is 0 Å². The summed E-state index contributed by atoms with van der Waals surface area (Å²) in [4.78, 5) is 18.3. The maximum absolute atomic E-state index is 13.5. The summed E-state index contributed by atoms with van der Waals surface area (Å²) in [6.07, 6.45) is 3.41. The van der Waals surface area contributed by atoms with Gasteiger partial charge < -0.3 is 10.1 Å². The van der Waals surface area contributed by atoms with E-state index in [9.17, 15) is 4.79 Å². The molecule has 1 aromatic heterocycles. The van der Waals surface area contributed by atoms with Gasteiger partial charge in [-0.1, -0.05) is 59.2 Å². The Morgan fingerprint density at radius 1 is 1.10 bits per heavy atom. The number of carbonyl (C=O) groups is 1. The van der Waals surface area contributed by atoms with Crippen molar-refractivity contribution in [2.75, 3.05) is 11.9 Å². The molecule has 158 valence electrons. The molecule has 0 atom stereocenters. The first-order valence-electron chi connectivity index (χ1n) is 10.9. The summed E-state index contributed by atoms with van der Waals surface area (Å²) in [5, 5.41) is 3.21. The number of hydrogen-bond donors (Lipinski definition) is 1. The Morgan fingerprint density at radius 2 is 1.72 bits per heavy atom. The molecule has 1 aromatic carbocycles. The number of benzene rings is 1. The smallest absolute Gasteiger partial charge is 0.261 e. The number of hydrogen-bond acceptors (Lipinski definition) is 3. The minimum atomic E-state index is -0.126. The number of nitrogens with zero attached hydrogens (tertiary/aromatic N) is 1. The first kappa shape index (κ1) is 22.9. The molecule has 2 rings (SSSR count). The van der Waals surface area contributed by atoms with E-state index in [-0.39, 0.29) is 5.91 Å². The maximum atomic E-state index is 13.5. The van der Waals surface area contributed by atoms with Crippen molar-refractivity contribution >= 4 is 11.6 Å². The number of pyridine rings is 1. The average Bonchev–Trinajstić information content (AvgIpc) is 2.69. The van der Waals surface area contributed by atoms with Crippen molar-refractivity contribution in [1.82, 2.24) is 4.98 Å².